The molecule has 1 N–H and O–H groups in total. The van der Waals surface area contributed by atoms with Gasteiger partial charge in [0.1, 0.15) is 0 Å². The second-order valence-corrected chi connectivity index (χ2v) is 4.75. The summed E-state index contributed by atoms with van der Waals surface area (Å²) in [7, 11) is 1.97. The summed E-state index contributed by atoms with van der Waals surface area (Å²) < 4.78 is 0. The second-order valence-electron chi connectivity index (χ2n) is 4.32. The summed E-state index contributed by atoms with van der Waals surface area (Å²) in [5.41, 5.74) is 2.13. The van der Waals surface area contributed by atoms with Gasteiger partial charge in [-0.25, -0.2) is 0 Å². The Labute approximate surface area is 99.6 Å². The Bertz CT molecular complexity index is 433. The van der Waals surface area contributed by atoms with Crippen molar-refractivity contribution < 1.29 is 9.90 Å². The van der Waals surface area contributed by atoms with Crippen LogP contribution in [-0.2, 0) is 4.79 Å². The SMILES string of the molecule is CC(C(=O)O)C1CN(C)c2ccc(Cl)cc21. The molecular weight excluding hydrogens is 226 g/mol. The lowest BCUT2D eigenvalue weighted by atomic mass is 9.89. The normalized spacial score (nSPS) is 20.7. The average molecular weight is 240 g/mol. The number of anilines is 1. The molecule has 1 aliphatic rings. The number of halogens is 1. The van der Waals surface area contributed by atoms with E-state index in [-0.39, 0.29) is 11.8 Å². The first-order chi connectivity index (χ1) is 7.50. The van der Waals surface area contributed by atoms with Gasteiger partial charge in [-0.2, -0.15) is 0 Å². The largest absolute Gasteiger partial charge is 0.481 e. The minimum Gasteiger partial charge on any atom is -0.481 e. The lowest BCUT2D eigenvalue weighted by Crippen LogP contribution is -2.23. The van der Waals surface area contributed by atoms with E-state index in [0.717, 1.165) is 17.8 Å². The highest BCUT2D eigenvalue weighted by Crippen LogP contribution is 2.40. The Balaban J connectivity index is 2.41. The Morgan fingerprint density at radius 2 is 2.31 bits per heavy atom. The van der Waals surface area contributed by atoms with Crippen LogP contribution in [0.25, 0.3) is 0 Å². The third-order valence-corrected chi connectivity index (χ3v) is 3.50. The molecule has 86 valence electrons. The monoisotopic (exact) mass is 239 g/mol. The molecular formula is C12H14ClNO2. The zero-order chi connectivity index (χ0) is 11.9. The van der Waals surface area contributed by atoms with E-state index in [2.05, 4.69) is 4.90 Å². The van der Waals surface area contributed by atoms with Gasteiger partial charge in [0, 0.05) is 30.2 Å². The molecule has 1 aromatic carbocycles. The van der Waals surface area contributed by atoms with Crippen LogP contribution in [0.1, 0.15) is 18.4 Å². The maximum atomic E-state index is 11.0. The molecule has 0 bridgehead atoms. The number of nitrogens with zero attached hydrogens (tertiary/aromatic N) is 1. The molecule has 0 radical (unpaired) electrons. The Hall–Kier alpha value is -1.22. The molecule has 16 heavy (non-hydrogen) atoms. The van der Waals surface area contributed by atoms with Crippen LogP contribution in [0.5, 0.6) is 0 Å². The zero-order valence-electron chi connectivity index (χ0n) is 9.27. The van der Waals surface area contributed by atoms with Crippen molar-refractivity contribution in [1.29, 1.82) is 0 Å². The standard InChI is InChI=1S/C12H14ClNO2/c1-7(12(15)16)10-6-14(2)11-4-3-8(13)5-9(10)11/h3-5,7,10H,6H2,1-2H3,(H,15,16). The Morgan fingerprint density at radius 3 is 2.94 bits per heavy atom. The van der Waals surface area contributed by atoms with Gasteiger partial charge in [-0.15, -0.1) is 0 Å². The Kier molecular flexibility index (Phi) is 2.80. The zero-order valence-corrected chi connectivity index (χ0v) is 10.0. The number of aliphatic carboxylic acids is 1. The topological polar surface area (TPSA) is 40.5 Å². The van der Waals surface area contributed by atoms with Crippen molar-refractivity contribution in [3.05, 3.63) is 28.8 Å². The second kappa shape index (κ2) is 3.98. The molecule has 1 aromatic rings. The Morgan fingerprint density at radius 1 is 1.62 bits per heavy atom. The summed E-state index contributed by atoms with van der Waals surface area (Å²) in [6, 6.07) is 5.67. The van der Waals surface area contributed by atoms with E-state index >= 15 is 0 Å². The first kappa shape index (κ1) is 11.3. The van der Waals surface area contributed by atoms with E-state index < -0.39 is 5.97 Å². The molecule has 3 nitrogen and oxygen atoms in total. The minimum absolute atomic E-state index is 0.0243. The highest BCUT2D eigenvalue weighted by molar-refractivity contribution is 6.30. The number of carbonyl (C=O) groups is 1. The van der Waals surface area contributed by atoms with Crippen molar-refractivity contribution in [1.82, 2.24) is 0 Å². The molecule has 2 rings (SSSR count). The highest BCUT2D eigenvalue weighted by atomic mass is 35.5. The van der Waals surface area contributed by atoms with E-state index in [1.807, 2.05) is 25.2 Å². The van der Waals surface area contributed by atoms with Crippen LogP contribution < -0.4 is 4.90 Å². The average Bonchev–Trinajstić information content (AvgIpc) is 2.54. The van der Waals surface area contributed by atoms with Gasteiger partial charge in [0.05, 0.1) is 5.92 Å². The van der Waals surface area contributed by atoms with Crippen LogP contribution in [0.15, 0.2) is 18.2 Å². The number of rotatable bonds is 2. The van der Waals surface area contributed by atoms with Crippen LogP contribution >= 0.6 is 11.6 Å². The summed E-state index contributed by atoms with van der Waals surface area (Å²) in [6.07, 6.45) is 0. The molecule has 0 saturated heterocycles. The molecule has 2 atom stereocenters. The fourth-order valence-corrected chi connectivity index (χ4v) is 2.44. The molecule has 0 spiro atoms. The van der Waals surface area contributed by atoms with E-state index in [4.69, 9.17) is 16.7 Å². The van der Waals surface area contributed by atoms with E-state index in [0.29, 0.717) is 5.02 Å². The number of carboxylic acids is 1. The van der Waals surface area contributed by atoms with Crippen molar-refractivity contribution in [3.63, 3.8) is 0 Å². The van der Waals surface area contributed by atoms with Crippen molar-refractivity contribution in [2.45, 2.75) is 12.8 Å². The summed E-state index contributed by atoms with van der Waals surface area (Å²) in [5, 5.41) is 9.74. The quantitative estimate of drug-likeness (QED) is 0.863. The van der Waals surface area contributed by atoms with E-state index in [1.165, 1.54) is 0 Å². The fraction of sp³-hybridized carbons (Fsp3) is 0.417. The van der Waals surface area contributed by atoms with Crippen LogP contribution in [0.2, 0.25) is 5.02 Å². The third-order valence-electron chi connectivity index (χ3n) is 3.26. The number of likely N-dealkylation sites (N-methyl/N-ethyl adjacent to an activating group) is 1. The van der Waals surface area contributed by atoms with E-state index in [1.54, 1.807) is 6.92 Å². The van der Waals surface area contributed by atoms with E-state index in [9.17, 15) is 4.79 Å². The maximum absolute atomic E-state index is 11.0. The first-order valence-electron chi connectivity index (χ1n) is 5.24. The third kappa shape index (κ3) is 1.76. The summed E-state index contributed by atoms with van der Waals surface area (Å²) in [5.74, 6) is -1.12. The van der Waals surface area contributed by atoms with Gasteiger partial charge < -0.3 is 10.0 Å². The van der Waals surface area contributed by atoms with Gasteiger partial charge in [0.2, 0.25) is 0 Å². The summed E-state index contributed by atoms with van der Waals surface area (Å²) in [4.78, 5) is 13.1. The molecule has 0 fully saturated rings. The summed E-state index contributed by atoms with van der Waals surface area (Å²) in [6.45, 7) is 2.49. The van der Waals surface area contributed by atoms with Gasteiger partial charge in [0.25, 0.3) is 0 Å². The van der Waals surface area contributed by atoms with Crippen LogP contribution in [0, 0.1) is 5.92 Å². The number of benzene rings is 1. The number of carboxylic acid groups (broad SMARTS) is 1. The van der Waals surface area contributed by atoms with Crippen molar-refractivity contribution in [2.75, 3.05) is 18.5 Å². The molecule has 1 heterocycles. The van der Waals surface area contributed by atoms with Crippen molar-refractivity contribution >= 4 is 23.3 Å². The predicted molar refractivity (Wildman–Crippen MR) is 64.3 cm³/mol. The molecule has 0 amide bonds. The lowest BCUT2D eigenvalue weighted by molar-refractivity contribution is -0.141. The molecule has 1 aliphatic heterocycles. The molecule has 4 heteroatoms. The van der Waals surface area contributed by atoms with Gasteiger partial charge in [-0.05, 0) is 23.8 Å². The van der Waals surface area contributed by atoms with Gasteiger partial charge in [0.15, 0.2) is 0 Å². The van der Waals surface area contributed by atoms with Crippen molar-refractivity contribution in [2.24, 2.45) is 5.92 Å². The number of hydrogen-bond donors (Lipinski definition) is 1. The first-order valence-corrected chi connectivity index (χ1v) is 5.62. The number of hydrogen-bond acceptors (Lipinski definition) is 2. The molecule has 2 unspecified atom stereocenters. The molecule has 0 aromatic heterocycles. The number of fused-ring (bicyclic) bond motifs is 1. The van der Waals surface area contributed by atoms with Gasteiger partial charge >= 0.3 is 5.97 Å². The minimum atomic E-state index is -0.758. The highest BCUT2D eigenvalue weighted by Gasteiger charge is 2.33. The van der Waals surface area contributed by atoms with Crippen LogP contribution in [0.4, 0.5) is 5.69 Å². The maximum Gasteiger partial charge on any atom is 0.306 e. The van der Waals surface area contributed by atoms with Crippen LogP contribution in [-0.4, -0.2) is 24.7 Å². The van der Waals surface area contributed by atoms with Crippen LogP contribution in [0.3, 0.4) is 0 Å². The summed E-state index contributed by atoms with van der Waals surface area (Å²) >= 11 is 5.95. The smallest absolute Gasteiger partial charge is 0.306 e. The van der Waals surface area contributed by atoms with Gasteiger partial charge in [-0.3, -0.25) is 4.79 Å². The fourth-order valence-electron chi connectivity index (χ4n) is 2.26. The molecule has 0 saturated carbocycles. The van der Waals surface area contributed by atoms with Crippen molar-refractivity contribution in [3.8, 4) is 0 Å². The molecule has 0 aliphatic carbocycles. The predicted octanol–water partition coefficient (Wildman–Crippen LogP) is 2.59. The van der Waals surface area contributed by atoms with Gasteiger partial charge in [-0.1, -0.05) is 18.5 Å². The lowest BCUT2D eigenvalue weighted by Gasteiger charge is -2.16.